The molecule has 2 aromatic rings. The van der Waals surface area contributed by atoms with Crippen molar-refractivity contribution >= 4 is 15.9 Å². The van der Waals surface area contributed by atoms with E-state index in [0.29, 0.717) is 6.54 Å². The molecular formula is C16H21N3O3S. The van der Waals surface area contributed by atoms with E-state index in [1.54, 1.807) is 0 Å². The first-order valence-electron chi connectivity index (χ1n) is 7.52. The number of hydrogen-bond acceptors (Lipinski definition) is 4. The number of carbonyl (C=O) groups excluding carboxylic acids is 1. The summed E-state index contributed by atoms with van der Waals surface area (Å²) < 4.78 is 28.0. The molecule has 23 heavy (non-hydrogen) atoms. The summed E-state index contributed by atoms with van der Waals surface area (Å²) in [6.45, 7) is 4.33. The summed E-state index contributed by atoms with van der Waals surface area (Å²) in [5.41, 5.74) is 1.01. The van der Waals surface area contributed by atoms with Gasteiger partial charge in [0.25, 0.3) is 10.0 Å². The lowest BCUT2D eigenvalue weighted by Gasteiger charge is -2.08. The standard InChI is InChI=1S/C16H21N3O3S/c1-3-13(2)9-16(20)18-23(21,22)15-10-17-19(12-15)11-14-7-5-4-6-8-14/h4-8,10,12-13H,3,9,11H2,1-2H3,(H,18,20)/t13-/m0/s1. The van der Waals surface area contributed by atoms with Gasteiger partial charge >= 0.3 is 0 Å². The van der Waals surface area contributed by atoms with Gasteiger partial charge in [-0.1, -0.05) is 50.6 Å². The summed E-state index contributed by atoms with van der Waals surface area (Å²) in [5.74, 6) is -0.346. The van der Waals surface area contributed by atoms with Crippen LogP contribution < -0.4 is 4.72 Å². The SMILES string of the molecule is CC[C@H](C)CC(=O)NS(=O)(=O)c1cnn(Cc2ccccc2)c1. The fraction of sp³-hybridized carbons (Fsp3) is 0.375. The first-order valence-corrected chi connectivity index (χ1v) is 9.01. The summed E-state index contributed by atoms with van der Waals surface area (Å²) in [6.07, 6.45) is 3.68. The highest BCUT2D eigenvalue weighted by Gasteiger charge is 2.20. The molecule has 0 spiro atoms. The molecule has 0 fully saturated rings. The van der Waals surface area contributed by atoms with Crippen molar-refractivity contribution in [1.29, 1.82) is 0 Å². The zero-order valence-corrected chi connectivity index (χ0v) is 14.1. The second-order valence-corrected chi connectivity index (χ2v) is 7.29. The number of carbonyl (C=O) groups is 1. The van der Waals surface area contributed by atoms with Gasteiger partial charge in [-0.3, -0.25) is 9.48 Å². The Morgan fingerprint density at radius 2 is 2.00 bits per heavy atom. The van der Waals surface area contributed by atoms with Crippen LogP contribution in [0.5, 0.6) is 0 Å². The second kappa shape index (κ2) is 7.41. The van der Waals surface area contributed by atoms with E-state index in [1.807, 2.05) is 44.2 Å². The van der Waals surface area contributed by atoms with Crippen molar-refractivity contribution in [1.82, 2.24) is 14.5 Å². The molecule has 1 amide bonds. The van der Waals surface area contributed by atoms with Crippen molar-refractivity contribution in [3.63, 3.8) is 0 Å². The van der Waals surface area contributed by atoms with E-state index in [0.717, 1.165) is 12.0 Å². The average molecular weight is 335 g/mol. The van der Waals surface area contributed by atoms with Crippen LogP contribution in [0, 0.1) is 5.92 Å². The quantitative estimate of drug-likeness (QED) is 0.841. The summed E-state index contributed by atoms with van der Waals surface area (Å²) in [5, 5.41) is 4.05. The fourth-order valence-corrected chi connectivity index (χ4v) is 3.00. The van der Waals surface area contributed by atoms with Gasteiger partial charge in [0.05, 0.1) is 12.7 Å². The van der Waals surface area contributed by atoms with Crippen LogP contribution in [-0.4, -0.2) is 24.1 Å². The number of hydrogen-bond donors (Lipinski definition) is 1. The Balaban J connectivity index is 2.05. The largest absolute Gasteiger partial charge is 0.274 e. The molecule has 0 radical (unpaired) electrons. The van der Waals surface area contributed by atoms with Gasteiger partial charge in [-0.25, -0.2) is 13.1 Å². The molecule has 6 nitrogen and oxygen atoms in total. The predicted molar refractivity (Wildman–Crippen MR) is 87.2 cm³/mol. The maximum atomic E-state index is 12.2. The van der Waals surface area contributed by atoms with Crippen molar-refractivity contribution < 1.29 is 13.2 Å². The molecule has 2 rings (SSSR count). The van der Waals surface area contributed by atoms with Gasteiger partial charge in [0, 0.05) is 12.6 Å². The van der Waals surface area contributed by atoms with Gasteiger partial charge in [0.15, 0.2) is 0 Å². The lowest BCUT2D eigenvalue weighted by Crippen LogP contribution is -2.31. The molecule has 0 aliphatic rings. The van der Waals surface area contributed by atoms with Crippen LogP contribution in [-0.2, 0) is 21.4 Å². The van der Waals surface area contributed by atoms with E-state index in [4.69, 9.17) is 0 Å². The molecule has 1 heterocycles. The molecule has 1 N–H and O–H groups in total. The van der Waals surface area contributed by atoms with Crippen LogP contribution in [0.4, 0.5) is 0 Å². The Bertz CT molecular complexity index is 754. The Hall–Kier alpha value is -2.15. The molecule has 1 aromatic carbocycles. The molecule has 0 aliphatic heterocycles. The molecule has 1 aromatic heterocycles. The molecule has 124 valence electrons. The highest BCUT2D eigenvalue weighted by molar-refractivity contribution is 7.90. The van der Waals surface area contributed by atoms with Crippen molar-refractivity contribution in [2.45, 2.75) is 38.1 Å². The van der Waals surface area contributed by atoms with Gasteiger partial charge in [-0.05, 0) is 11.5 Å². The lowest BCUT2D eigenvalue weighted by molar-refractivity contribution is -0.120. The first kappa shape index (κ1) is 17.2. The first-order chi connectivity index (χ1) is 10.9. The number of sulfonamides is 1. The summed E-state index contributed by atoms with van der Waals surface area (Å²) in [6, 6.07) is 9.60. The third kappa shape index (κ3) is 4.92. The average Bonchev–Trinajstić information content (AvgIpc) is 2.97. The minimum Gasteiger partial charge on any atom is -0.274 e. The van der Waals surface area contributed by atoms with Crippen LogP contribution in [0.25, 0.3) is 0 Å². The number of rotatable bonds is 7. The molecule has 0 unspecified atom stereocenters. The Morgan fingerprint density at radius 3 is 2.65 bits per heavy atom. The Morgan fingerprint density at radius 1 is 1.30 bits per heavy atom. The lowest BCUT2D eigenvalue weighted by atomic mass is 10.1. The van der Waals surface area contributed by atoms with Crippen molar-refractivity contribution in [3.05, 3.63) is 48.3 Å². The smallest absolute Gasteiger partial charge is 0.267 e. The Kier molecular flexibility index (Phi) is 5.54. The number of aromatic nitrogens is 2. The number of amides is 1. The summed E-state index contributed by atoms with van der Waals surface area (Å²) in [4.78, 5) is 11.8. The monoisotopic (exact) mass is 335 g/mol. The third-order valence-electron chi connectivity index (χ3n) is 3.59. The molecule has 0 saturated heterocycles. The van der Waals surface area contributed by atoms with E-state index < -0.39 is 15.9 Å². The van der Waals surface area contributed by atoms with E-state index in [-0.39, 0.29) is 17.2 Å². The highest BCUT2D eigenvalue weighted by atomic mass is 32.2. The molecule has 1 atom stereocenters. The van der Waals surface area contributed by atoms with E-state index >= 15 is 0 Å². The van der Waals surface area contributed by atoms with Crippen LogP contribution in [0.3, 0.4) is 0 Å². The normalized spacial score (nSPS) is 12.8. The molecule has 7 heteroatoms. The molecular weight excluding hydrogens is 314 g/mol. The summed E-state index contributed by atoms with van der Waals surface area (Å²) in [7, 11) is -3.87. The van der Waals surface area contributed by atoms with E-state index in [9.17, 15) is 13.2 Å². The minimum absolute atomic E-state index is 0.00840. The highest BCUT2D eigenvalue weighted by Crippen LogP contribution is 2.11. The Labute approximate surface area is 136 Å². The van der Waals surface area contributed by atoms with Crippen LogP contribution in [0.2, 0.25) is 0 Å². The van der Waals surface area contributed by atoms with Crippen LogP contribution in [0.15, 0.2) is 47.6 Å². The number of benzene rings is 1. The number of nitrogens with one attached hydrogen (secondary N) is 1. The van der Waals surface area contributed by atoms with Crippen molar-refractivity contribution in [3.8, 4) is 0 Å². The van der Waals surface area contributed by atoms with Gasteiger partial charge in [0.1, 0.15) is 4.90 Å². The van der Waals surface area contributed by atoms with Gasteiger partial charge in [-0.15, -0.1) is 0 Å². The topological polar surface area (TPSA) is 81.1 Å². The molecule has 0 bridgehead atoms. The van der Waals surface area contributed by atoms with E-state index in [2.05, 4.69) is 9.82 Å². The molecule has 0 saturated carbocycles. The third-order valence-corrected chi connectivity index (χ3v) is 4.91. The summed E-state index contributed by atoms with van der Waals surface area (Å²) >= 11 is 0. The predicted octanol–water partition coefficient (Wildman–Crippen LogP) is 2.17. The van der Waals surface area contributed by atoms with Crippen LogP contribution >= 0.6 is 0 Å². The minimum atomic E-state index is -3.87. The second-order valence-electron chi connectivity index (χ2n) is 5.61. The van der Waals surface area contributed by atoms with Crippen molar-refractivity contribution in [2.75, 3.05) is 0 Å². The molecule has 0 aliphatic carbocycles. The maximum absolute atomic E-state index is 12.2. The van der Waals surface area contributed by atoms with Gasteiger partial charge in [0.2, 0.25) is 5.91 Å². The zero-order chi connectivity index (χ0) is 16.9. The van der Waals surface area contributed by atoms with Crippen LogP contribution in [0.1, 0.15) is 32.3 Å². The van der Waals surface area contributed by atoms with Crippen molar-refractivity contribution in [2.24, 2.45) is 5.92 Å². The van der Waals surface area contributed by atoms with Gasteiger partial charge in [-0.2, -0.15) is 5.10 Å². The fourth-order valence-electron chi connectivity index (χ4n) is 2.05. The number of nitrogens with zero attached hydrogens (tertiary/aromatic N) is 2. The van der Waals surface area contributed by atoms with E-state index in [1.165, 1.54) is 17.1 Å². The van der Waals surface area contributed by atoms with Gasteiger partial charge < -0.3 is 0 Å². The zero-order valence-electron chi connectivity index (χ0n) is 13.3. The maximum Gasteiger partial charge on any atom is 0.267 e.